The number of nitrogens with two attached hydrogens (primary N) is 1. The Morgan fingerprint density at radius 1 is 1.17 bits per heavy atom. The molecule has 3 rings (SSSR count). The van der Waals surface area contributed by atoms with E-state index in [2.05, 4.69) is 10.2 Å². The van der Waals surface area contributed by atoms with Crippen LogP contribution in [0.5, 0.6) is 0 Å². The second kappa shape index (κ2) is 8.61. The van der Waals surface area contributed by atoms with Gasteiger partial charge in [0.1, 0.15) is 6.10 Å². The van der Waals surface area contributed by atoms with Crippen LogP contribution < -0.4 is 11.1 Å². The predicted octanol–water partition coefficient (Wildman–Crippen LogP) is 0.892. The first-order valence-corrected chi connectivity index (χ1v) is 9.64. The minimum absolute atomic E-state index is 0.0535. The molecule has 2 atom stereocenters. The molecule has 1 aliphatic carbocycles. The number of nitrogens with zero attached hydrogens (tertiary/aromatic N) is 1. The Bertz CT molecular complexity index is 406. The van der Waals surface area contributed by atoms with Crippen LogP contribution in [-0.2, 0) is 14.3 Å². The third-order valence-electron chi connectivity index (χ3n) is 5.88. The maximum absolute atomic E-state index is 12.5. The number of ether oxygens (including phenoxy) is 2. The van der Waals surface area contributed by atoms with Gasteiger partial charge in [0.15, 0.2) is 0 Å². The standard InChI is InChI=1S/C18H33N3O3/c19-12-15-4-5-16(24-15)17(22)20-13-18(6-2-1-3-7-18)14-21-8-10-23-11-9-21/h15-16H,1-14,19H2,(H,20,22)/t15-,16+/m1/s1. The number of nitrogens with one attached hydrogen (secondary N) is 1. The fraction of sp³-hybridized carbons (Fsp3) is 0.944. The van der Waals surface area contributed by atoms with Crippen LogP contribution in [0.25, 0.3) is 0 Å². The second-order valence-electron chi connectivity index (χ2n) is 7.73. The van der Waals surface area contributed by atoms with Crippen LogP contribution in [0.15, 0.2) is 0 Å². The first-order valence-electron chi connectivity index (χ1n) is 9.64. The largest absolute Gasteiger partial charge is 0.379 e. The van der Waals surface area contributed by atoms with Crippen LogP contribution in [0.4, 0.5) is 0 Å². The number of carbonyl (C=O) groups is 1. The maximum Gasteiger partial charge on any atom is 0.249 e. The molecule has 2 saturated heterocycles. The van der Waals surface area contributed by atoms with Gasteiger partial charge in [-0.15, -0.1) is 0 Å². The quantitative estimate of drug-likeness (QED) is 0.752. The van der Waals surface area contributed by atoms with Gasteiger partial charge >= 0.3 is 0 Å². The minimum Gasteiger partial charge on any atom is -0.379 e. The highest BCUT2D eigenvalue weighted by Gasteiger charge is 2.36. The van der Waals surface area contributed by atoms with E-state index < -0.39 is 0 Å². The number of rotatable bonds is 6. The van der Waals surface area contributed by atoms with Crippen molar-refractivity contribution < 1.29 is 14.3 Å². The second-order valence-corrected chi connectivity index (χ2v) is 7.73. The van der Waals surface area contributed by atoms with Crippen LogP contribution >= 0.6 is 0 Å². The Balaban J connectivity index is 1.52. The van der Waals surface area contributed by atoms with Gasteiger partial charge in [0, 0.05) is 38.1 Å². The fourth-order valence-corrected chi connectivity index (χ4v) is 4.39. The summed E-state index contributed by atoms with van der Waals surface area (Å²) in [5, 5.41) is 3.21. The zero-order valence-corrected chi connectivity index (χ0v) is 14.8. The van der Waals surface area contributed by atoms with Gasteiger partial charge in [0.25, 0.3) is 0 Å². The summed E-state index contributed by atoms with van der Waals surface area (Å²) in [4.78, 5) is 15.0. The summed E-state index contributed by atoms with van der Waals surface area (Å²) < 4.78 is 11.2. The van der Waals surface area contributed by atoms with E-state index in [9.17, 15) is 4.79 Å². The Morgan fingerprint density at radius 2 is 1.92 bits per heavy atom. The van der Waals surface area contributed by atoms with Crippen LogP contribution in [0.1, 0.15) is 44.9 Å². The van der Waals surface area contributed by atoms with Crippen molar-refractivity contribution in [2.24, 2.45) is 11.1 Å². The highest BCUT2D eigenvalue weighted by atomic mass is 16.5. The van der Waals surface area contributed by atoms with Crippen molar-refractivity contribution in [1.82, 2.24) is 10.2 Å². The van der Waals surface area contributed by atoms with E-state index in [4.69, 9.17) is 15.2 Å². The molecule has 2 heterocycles. The summed E-state index contributed by atoms with van der Waals surface area (Å²) in [7, 11) is 0. The molecule has 1 saturated carbocycles. The summed E-state index contributed by atoms with van der Waals surface area (Å²) in [5.74, 6) is 0.0536. The number of morpholine rings is 1. The molecular formula is C18H33N3O3. The molecule has 0 aromatic carbocycles. The van der Waals surface area contributed by atoms with Gasteiger partial charge in [-0.1, -0.05) is 19.3 Å². The average Bonchev–Trinajstić information content (AvgIpc) is 3.11. The van der Waals surface area contributed by atoms with Crippen molar-refractivity contribution in [1.29, 1.82) is 0 Å². The fourth-order valence-electron chi connectivity index (χ4n) is 4.39. The van der Waals surface area contributed by atoms with Crippen molar-refractivity contribution in [2.45, 2.75) is 57.2 Å². The molecule has 2 aliphatic heterocycles. The Hall–Kier alpha value is -0.690. The minimum atomic E-state index is -0.303. The monoisotopic (exact) mass is 339 g/mol. The van der Waals surface area contributed by atoms with Gasteiger partial charge in [-0.25, -0.2) is 0 Å². The number of amides is 1. The van der Waals surface area contributed by atoms with Gasteiger partial charge in [0.2, 0.25) is 5.91 Å². The van der Waals surface area contributed by atoms with Crippen LogP contribution in [0, 0.1) is 5.41 Å². The lowest BCUT2D eigenvalue weighted by atomic mass is 9.73. The van der Waals surface area contributed by atoms with E-state index in [1.807, 2.05) is 0 Å². The number of hydrogen-bond donors (Lipinski definition) is 2. The van der Waals surface area contributed by atoms with Crippen molar-refractivity contribution >= 4 is 5.91 Å². The summed E-state index contributed by atoms with van der Waals surface area (Å²) in [5.41, 5.74) is 5.86. The summed E-state index contributed by atoms with van der Waals surface area (Å²) in [6, 6.07) is 0. The van der Waals surface area contributed by atoms with Crippen molar-refractivity contribution in [3.05, 3.63) is 0 Å². The van der Waals surface area contributed by atoms with Crippen LogP contribution in [0.3, 0.4) is 0 Å². The molecule has 3 N–H and O–H groups in total. The maximum atomic E-state index is 12.5. The molecule has 0 aromatic rings. The molecule has 0 unspecified atom stereocenters. The van der Waals surface area contributed by atoms with Crippen LogP contribution in [0.2, 0.25) is 0 Å². The molecule has 3 aliphatic rings. The van der Waals surface area contributed by atoms with Gasteiger partial charge in [0.05, 0.1) is 19.3 Å². The SMILES string of the molecule is NC[C@H]1CC[C@@H](C(=O)NCC2(CN3CCOCC3)CCCCC2)O1. The van der Waals surface area contributed by atoms with E-state index in [1.54, 1.807) is 0 Å². The highest BCUT2D eigenvalue weighted by Crippen LogP contribution is 2.37. The number of carbonyl (C=O) groups excluding carboxylic acids is 1. The summed E-state index contributed by atoms with van der Waals surface area (Å²) >= 11 is 0. The predicted molar refractivity (Wildman–Crippen MR) is 92.7 cm³/mol. The van der Waals surface area contributed by atoms with E-state index in [1.165, 1.54) is 32.1 Å². The lowest BCUT2D eigenvalue weighted by Crippen LogP contribution is -2.50. The van der Waals surface area contributed by atoms with E-state index in [0.29, 0.717) is 6.54 Å². The van der Waals surface area contributed by atoms with Gasteiger partial charge < -0.3 is 20.5 Å². The summed E-state index contributed by atoms with van der Waals surface area (Å²) in [6.07, 6.45) is 7.73. The molecule has 0 bridgehead atoms. The van der Waals surface area contributed by atoms with Crippen LogP contribution in [-0.4, -0.2) is 69.0 Å². The smallest absolute Gasteiger partial charge is 0.249 e. The first-order chi connectivity index (χ1) is 11.7. The molecule has 3 fully saturated rings. The van der Waals surface area contributed by atoms with E-state index >= 15 is 0 Å². The molecule has 1 amide bonds. The molecule has 6 heteroatoms. The van der Waals surface area contributed by atoms with E-state index in [0.717, 1.165) is 52.2 Å². The normalized spacial score (nSPS) is 31.0. The average molecular weight is 339 g/mol. The zero-order chi connectivity index (χ0) is 16.8. The Labute approximate surface area is 145 Å². The van der Waals surface area contributed by atoms with Gasteiger partial charge in [-0.3, -0.25) is 9.69 Å². The Kier molecular flexibility index (Phi) is 6.49. The lowest BCUT2D eigenvalue weighted by Gasteiger charge is -2.42. The van der Waals surface area contributed by atoms with Gasteiger partial charge in [-0.05, 0) is 25.7 Å². The molecule has 138 valence electrons. The molecule has 0 aromatic heterocycles. The molecular weight excluding hydrogens is 306 g/mol. The molecule has 24 heavy (non-hydrogen) atoms. The third-order valence-corrected chi connectivity index (χ3v) is 5.88. The first kappa shape index (κ1) is 18.1. The highest BCUT2D eigenvalue weighted by molar-refractivity contribution is 5.81. The summed E-state index contributed by atoms with van der Waals surface area (Å²) in [6.45, 7) is 6.05. The molecule has 0 radical (unpaired) electrons. The molecule has 6 nitrogen and oxygen atoms in total. The topological polar surface area (TPSA) is 76.8 Å². The van der Waals surface area contributed by atoms with Crippen molar-refractivity contribution in [3.8, 4) is 0 Å². The number of hydrogen-bond acceptors (Lipinski definition) is 5. The van der Waals surface area contributed by atoms with Crippen molar-refractivity contribution in [2.75, 3.05) is 45.9 Å². The van der Waals surface area contributed by atoms with Crippen molar-refractivity contribution in [3.63, 3.8) is 0 Å². The Morgan fingerprint density at radius 3 is 2.58 bits per heavy atom. The third kappa shape index (κ3) is 4.69. The van der Waals surface area contributed by atoms with E-state index in [-0.39, 0.29) is 23.5 Å². The lowest BCUT2D eigenvalue weighted by molar-refractivity contribution is -0.132. The van der Waals surface area contributed by atoms with Gasteiger partial charge in [-0.2, -0.15) is 0 Å². The zero-order valence-electron chi connectivity index (χ0n) is 14.8. The molecule has 0 spiro atoms.